The van der Waals surface area contributed by atoms with Gasteiger partial charge < -0.3 is 14.3 Å². The number of carboxylic acids is 1. The molecule has 20 heavy (non-hydrogen) atoms. The molecule has 1 N–H and O–H groups in total. The molecule has 0 saturated carbocycles. The van der Waals surface area contributed by atoms with E-state index in [1.165, 1.54) is 18.4 Å². The van der Waals surface area contributed by atoms with Gasteiger partial charge in [-0.3, -0.25) is 0 Å². The third-order valence-electron chi connectivity index (χ3n) is 2.26. The van der Waals surface area contributed by atoms with Crippen LogP contribution in [0.5, 0.6) is 5.88 Å². The molecule has 0 saturated heterocycles. The van der Waals surface area contributed by atoms with Gasteiger partial charge in [0, 0.05) is 6.20 Å². The summed E-state index contributed by atoms with van der Waals surface area (Å²) >= 11 is 0. The van der Waals surface area contributed by atoms with Crippen LogP contribution in [-0.4, -0.2) is 28.8 Å². The fraction of sp³-hybridized carbons (Fsp3) is 0.167. The fourth-order valence-corrected chi connectivity index (χ4v) is 1.44. The van der Waals surface area contributed by atoms with Gasteiger partial charge >= 0.3 is 12.1 Å². The third-order valence-corrected chi connectivity index (χ3v) is 2.26. The van der Waals surface area contributed by atoms with Crippen molar-refractivity contribution < 1.29 is 32.2 Å². The number of carbonyl (C=O) groups is 1. The highest BCUT2D eigenvalue weighted by molar-refractivity contribution is 5.89. The lowest BCUT2D eigenvalue weighted by Crippen LogP contribution is -2.20. The predicted octanol–water partition coefficient (Wildman–Crippen LogP) is 2.98. The first-order valence-electron chi connectivity index (χ1n) is 5.33. The largest absolute Gasteiger partial charge is 0.478 e. The van der Waals surface area contributed by atoms with Gasteiger partial charge in [-0.1, -0.05) is 0 Å². The van der Waals surface area contributed by atoms with Gasteiger partial charge in [0.15, 0.2) is 6.61 Å². The van der Waals surface area contributed by atoms with E-state index in [0.29, 0.717) is 0 Å². The first-order chi connectivity index (χ1) is 9.37. The van der Waals surface area contributed by atoms with Crippen LogP contribution in [0.15, 0.2) is 35.1 Å². The summed E-state index contributed by atoms with van der Waals surface area (Å²) in [6.07, 6.45) is -2.30. The van der Waals surface area contributed by atoms with Gasteiger partial charge in [0.2, 0.25) is 5.88 Å². The van der Waals surface area contributed by atoms with Crippen molar-refractivity contribution in [2.24, 2.45) is 0 Å². The van der Waals surface area contributed by atoms with Crippen molar-refractivity contribution in [3.8, 4) is 17.2 Å². The molecule has 0 atom stereocenters. The maximum Gasteiger partial charge on any atom is 0.422 e. The summed E-state index contributed by atoms with van der Waals surface area (Å²) in [4.78, 5) is 14.5. The number of hydrogen-bond donors (Lipinski definition) is 1. The summed E-state index contributed by atoms with van der Waals surface area (Å²) in [5.74, 6) is -1.44. The number of aromatic nitrogens is 1. The van der Waals surface area contributed by atoms with Crippen molar-refractivity contribution in [2.45, 2.75) is 6.18 Å². The highest BCUT2D eigenvalue weighted by atomic mass is 19.4. The average molecular weight is 287 g/mol. The van der Waals surface area contributed by atoms with Gasteiger partial charge in [-0.25, -0.2) is 9.78 Å². The number of rotatable bonds is 4. The van der Waals surface area contributed by atoms with E-state index in [1.54, 1.807) is 0 Å². The minimum absolute atomic E-state index is 0.0409. The number of hydrogen-bond acceptors (Lipinski definition) is 4. The Hall–Kier alpha value is -2.51. The fourth-order valence-electron chi connectivity index (χ4n) is 1.44. The molecule has 0 amide bonds. The zero-order chi connectivity index (χ0) is 14.8. The molecule has 0 fully saturated rings. The lowest BCUT2D eigenvalue weighted by molar-refractivity contribution is -0.154. The van der Waals surface area contributed by atoms with E-state index >= 15 is 0 Å². The van der Waals surface area contributed by atoms with Crippen LogP contribution in [0.1, 0.15) is 10.4 Å². The Morgan fingerprint density at radius 2 is 2.20 bits per heavy atom. The summed E-state index contributed by atoms with van der Waals surface area (Å²) in [7, 11) is 0. The second-order valence-corrected chi connectivity index (χ2v) is 3.76. The van der Waals surface area contributed by atoms with Crippen LogP contribution in [0.3, 0.4) is 0 Å². The third kappa shape index (κ3) is 3.28. The molecule has 0 unspecified atom stereocenters. The van der Waals surface area contributed by atoms with Crippen molar-refractivity contribution in [2.75, 3.05) is 6.61 Å². The first kappa shape index (κ1) is 13.9. The van der Waals surface area contributed by atoms with Crippen molar-refractivity contribution in [3.63, 3.8) is 0 Å². The maximum atomic E-state index is 12.2. The molecule has 0 aliphatic heterocycles. The Balaban J connectivity index is 2.38. The molecule has 0 aliphatic carbocycles. The maximum absolute atomic E-state index is 12.2. The van der Waals surface area contributed by atoms with Crippen molar-refractivity contribution in [1.29, 1.82) is 0 Å². The lowest BCUT2D eigenvalue weighted by atomic mass is 10.1. The topological polar surface area (TPSA) is 72.6 Å². The van der Waals surface area contributed by atoms with Crippen LogP contribution in [0.2, 0.25) is 0 Å². The summed E-state index contributed by atoms with van der Waals surface area (Å²) in [6.45, 7) is -1.53. The summed E-state index contributed by atoms with van der Waals surface area (Å²) in [6, 6.07) is 4.11. The molecule has 0 radical (unpaired) electrons. The number of carboxylic acid groups (broad SMARTS) is 1. The molecule has 0 aromatic carbocycles. The summed E-state index contributed by atoms with van der Waals surface area (Å²) < 4.78 is 46.1. The molecule has 0 spiro atoms. The smallest absolute Gasteiger partial charge is 0.422 e. The molecule has 0 bridgehead atoms. The Kier molecular flexibility index (Phi) is 3.64. The molecule has 2 aromatic rings. The van der Waals surface area contributed by atoms with Crippen LogP contribution in [0, 0.1) is 0 Å². The van der Waals surface area contributed by atoms with E-state index in [0.717, 1.165) is 12.3 Å². The zero-order valence-corrected chi connectivity index (χ0v) is 9.85. The Morgan fingerprint density at radius 1 is 1.45 bits per heavy atom. The van der Waals surface area contributed by atoms with Crippen molar-refractivity contribution in [1.82, 2.24) is 4.98 Å². The Labute approximate surface area is 110 Å². The van der Waals surface area contributed by atoms with E-state index < -0.39 is 18.8 Å². The molecule has 2 rings (SSSR count). The number of alkyl halides is 3. The second kappa shape index (κ2) is 5.24. The normalized spacial score (nSPS) is 11.3. The van der Waals surface area contributed by atoms with E-state index in [1.807, 2.05) is 0 Å². The minimum atomic E-state index is -4.52. The van der Waals surface area contributed by atoms with Crippen molar-refractivity contribution in [3.05, 3.63) is 36.2 Å². The standard InChI is InChI=1S/C12H8F3NO4/c13-12(14,15)6-20-10-8(9-2-1-3-19-9)4-7(5-16-10)11(17)18/h1-5H,6H2,(H,17,18). The van der Waals surface area contributed by atoms with Gasteiger partial charge in [-0.2, -0.15) is 13.2 Å². The van der Waals surface area contributed by atoms with Crippen molar-refractivity contribution >= 4 is 5.97 Å². The highest BCUT2D eigenvalue weighted by Gasteiger charge is 2.29. The highest BCUT2D eigenvalue weighted by Crippen LogP contribution is 2.30. The Bertz CT molecular complexity index is 608. The van der Waals surface area contributed by atoms with Crippen LogP contribution >= 0.6 is 0 Å². The molecule has 2 aromatic heterocycles. The van der Waals surface area contributed by atoms with Gasteiger partial charge in [0.1, 0.15) is 5.76 Å². The first-order valence-corrected chi connectivity index (χ1v) is 5.33. The Morgan fingerprint density at radius 3 is 2.75 bits per heavy atom. The molecular formula is C12H8F3NO4. The van der Waals surface area contributed by atoms with E-state index in [-0.39, 0.29) is 22.8 Å². The minimum Gasteiger partial charge on any atom is -0.478 e. The SMILES string of the molecule is O=C(O)c1cnc(OCC(F)(F)F)c(-c2ccco2)c1. The van der Waals surface area contributed by atoms with E-state index in [2.05, 4.69) is 9.72 Å². The number of pyridine rings is 1. The molecule has 2 heterocycles. The molecular weight excluding hydrogens is 279 g/mol. The van der Waals surface area contributed by atoms with Gasteiger partial charge in [-0.05, 0) is 18.2 Å². The van der Waals surface area contributed by atoms with Crippen LogP contribution in [0.4, 0.5) is 13.2 Å². The molecule has 5 nitrogen and oxygen atoms in total. The van der Waals surface area contributed by atoms with Gasteiger partial charge in [-0.15, -0.1) is 0 Å². The molecule has 106 valence electrons. The second-order valence-electron chi connectivity index (χ2n) is 3.76. The number of nitrogens with zero attached hydrogens (tertiary/aromatic N) is 1. The lowest BCUT2D eigenvalue weighted by Gasteiger charge is -2.11. The number of aromatic carboxylic acids is 1. The number of halogens is 3. The van der Waals surface area contributed by atoms with E-state index in [4.69, 9.17) is 9.52 Å². The van der Waals surface area contributed by atoms with Gasteiger partial charge in [0.25, 0.3) is 0 Å². The quantitative estimate of drug-likeness (QED) is 0.935. The van der Waals surface area contributed by atoms with Crippen LogP contribution < -0.4 is 4.74 Å². The monoisotopic (exact) mass is 287 g/mol. The van der Waals surface area contributed by atoms with Crippen LogP contribution in [0.25, 0.3) is 11.3 Å². The van der Waals surface area contributed by atoms with Crippen LogP contribution in [-0.2, 0) is 0 Å². The predicted molar refractivity (Wildman–Crippen MR) is 60.4 cm³/mol. The molecule has 8 heteroatoms. The molecule has 0 aliphatic rings. The number of furan rings is 1. The number of ether oxygens (including phenoxy) is 1. The van der Waals surface area contributed by atoms with Gasteiger partial charge in [0.05, 0.1) is 17.4 Å². The van der Waals surface area contributed by atoms with E-state index in [9.17, 15) is 18.0 Å². The zero-order valence-electron chi connectivity index (χ0n) is 9.85. The average Bonchev–Trinajstić information content (AvgIpc) is 2.88. The summed E-state index contributed by atoms with van der Waals surface area (Å²) in [5, 5.41) is 8.87. The summed E-state index contributed by atoms with van der Waals surface area (Å²) in [5.41, 5.74) is -0.144.